The van der Waals surface area contributed by atoms with Crippen molar-refractivity contribution >= 4 is 30.1 Å². The Morgan fingerprint density at radius 2 is 1.09 bits per heavy atom. The third kappa shape index (κ3) is 37.6. The van der Waals surface area contributed by atoms with Crippen LogP contribution in [0.25, 0.3) is 0 Å². The minimum Gasteiger partial charge on any atom is -0.870 e. The Morgan fingerprint density at radius 1 is 0.724 bits per heavy atom. The number of carbonyl (C=O) groups excluding carboxylic acids is 1. The van der Waals surface area contributed by atoms with Gasteiger partial charge in [-0.3, -0.25) is 0 Å². The number of ketones is 1. The fourth-order valence-electron chi connectivity index (χ4n) is 4.37. The summed E-state index contributed by atoms with van der Waals surface area (Å²) in [6.07, 6.45) is -8.75. The molecule has 10 N–H and O–H groups in total. The van der Waals surface area contributed by atoms with Gasteiger partial charge in [-0.25, -0.2) is 10.5 Å². The molecule has 12 unspecified atom stereocenters. The zero-order valence-corrected chi connectivity index (χ0v) is 43.3. The van der Waals surface area contributed by atoms with Gasteiger partial charge < -0.3 is 83.5 Å². The van der Waals surface area contributed by atoms with E-state index in [1.54, 1.807) is 13.8 Å². The van der Waals surface area contributed by atoms with E-state index < -0.39 is 91.1 Å². The first-order valence-corrected chi connectivity index (χ1v) is 19.6. The maximum absolute atomic E-state index is 10.4. The summed E-state index contributed by atoms with van der Waals surface area (Å²) in [4.78, 5) is 36.2. The predicted molar refractivity (Wildman–Crippen MR) is 189 cm³/mol. The molecule has 0 saturated carbocycles. The van der Waals surface area contributed by atoms with Crippen LogP contribution in [-0.4, -0.2) is 172 Å². The third-order valence-electron chi connectivity index (χ3n) is 6.41. The smallest absolute Gasteiger partial charge is 0.870 e. The van der Waals surface area contributed by atoms with Crippen molar-refractivity contribution in [2.45, 2.75) is 103 Å². The van der Waals surface area contributed by atoms with Crippen molar-refractivity contribution in [3.63, 3.8) is 0 Å². The minimum absolute atomic E-state index is 0. The van der Waals surface area contributed by atoms with Crippen molar-refractivity contribution in [3.05, 3.63) is 0 Å². The first-order chi connectivity index (χ1) is 25.0. The predicted octanol–water partition coefficient (Wildman–Crippen LogP) is -10.2. The molecule has 2 aliphatic heterocycles. The summed E-state index contributed by atoms with van der Waals surface area (Å²) in [6.45, 7) is 8.59. The largest absolute Gasteiger partial charge is 1.00 e. The van der Waals surface area contributed by atoms with E-state index in [9.17, 15) is 54.4 Å². The second-order valence-corrected chi connectivity index (χ2v) is 14.4. The number of ether oxygens (including phenoxy) is 5. The molecule has 31 heteroatoms. The molecule has 0 radical (unpaired) electrons. The molecule has 0 aliphatic carbocycles. The summed E-state index contributed by atoms with van der Waals surface area (Å²) in [5, 5.41) is 75.1. The zero-order chi connectivity index (χ0) is 42.8. The molecule has 58 heavy (non-hydrogen) atoms. The van der Waals surface area contributed by atoms with E-state index in [1.165, 1.54) is 41.9 Å². The number of carbonyl (C=O) groups is 1. The maximum Gasteiger partial charge on any atom is 1.00 e. The third-order valence-corrected chi connectivity index (χ3v) is 7.96. The van der Waals surface area contributed by atoms with Gasteiger partial charge in [0.25, 0.3) is 0 Å². The average Bonchev–Trinajstić information content (AvgIpc) is 3.06. The van der Waals surface area contributed by atoms with E-state index in [4.69, 9.17) is 43.7 Å². The Labute approximate surface area is 411 Å². The molecular formula is C27H66Na3O25P3+2. The zero-order valence-electron chi connectivity index (χ0n) is 34.6. The Balaban J connectivity index is -0.0000000731. The Hall–Kier alpha value is 2.26. The first kappa shape index (κ1) is 74.6. The molecule has 0 bridgehead atoms. The molecule has 25 nitrogen and oxygen atoms in total. The van der Waals surface area contributed by atoms with Crippen molar-refractivity contribution in [3.8, 4) is 0 Å². The van der Waals surface area contributed by atoms with Gasteiger partial charge in [0.15, 0.2) is 0 Å². The van der Waals surface area contributed by atoms with E-state index >= 15 is 0 Å². The summed E-state index contributed by atoms with van der Waals surface area (Å²) in [5.74, 6) is -1.14. The first-order valence-electron chi connectivity index (χ1n) is 15.9. The second kappa shape index (κ2) is 43.2. The van der Waals surface area contributed by atoms with Crippen molar-refractivity contribution in [1.29, 1.82) is 0 Å². The molecule has 0 aromatic heterocycles. The van der Waals surface area contributed by atoms with Crippen LogP contribution in [0.15, 0.2) is 0 Å². The van der Waals surface area contributed by atoms with Gasteiger partial charge in [0.1, 0.15) is 36.3 Å². The van der Waals surface area contributed by atoms with Gasteiger partial charge in [-0.05, 0) is 41.5 Å². The summed E-state index contributed by atoms with van der Waals surface area (Å²) in [5.41, 5.74) is 0. The van der Waals surface area contributed by atoms with Crippen LogP contribution in [0.2, 0.25) is 0 Å². The van der Waals surface area contributed by atoms with Crippen LogP contribution in [0.4, 0.5) is 0 Å². The summed E-state index contributed by atoms with van der Waals surface area (Å²) >= 11 is 0. The fraction of sp³-hybridized carbons (Fsp3) is 0.963. The number of Topliss-reactive ketones (excluding diaryl/α,β-unsaturated/α-hetero) is 1. The van der Waals surface area contributed by atoms with Crippen molar-refractivity contribution in [1.82, 2.24) is 0 Å². The molecule has 2 saturated heterocycles. The quantitative estimate of drug-likeness (QED) is 0.0300. The Morgan fingerprint density at radius 3 is 1.33 bits per heavy atom. The molecule has 0 aromatic rings. The Bertz CT molecular complexity index is 1070. The van der Waals surface area contributed by atoms with Gasteiger partial charge in [0.2, 0.25) is 0 Å². The average molecular weight is 953 g/mol. The summed E-state index contributed by atoms with van der Waals surface area (Å²) < 4.78 is 70.1. The van der Waals surface area contributed by atoms with E-state index in [0.717, 1.165) is 0 Å². The van der Waals surface area contributed by atoms with Crippen molar-refractivity contribution < 1.29 is 216 Å². The molecule has 2 heterocycles. The second-order valence-electron chi connectivity index (χ2n) is 11.8. The molecule has 2 fully saturated rings. The van der Waals surface area contributed by atoms with E-state index in [0.29, 0.717) is 0 Å². The van der Waals surface area contributed by atoms with Crippen LogP contribution in [0.1, 0.15) is 47.2 Å². The standard InChI is InChI=1S/C18H34O11.C3H9O4P.C3H7O4P.C3H6O.3Na.HO4P.H2O.4H2/c1-25-5-9-11(3-19)29-14(18(24)15(9)21)8-27-6-10-12(4-20)28-13(7-26-2)17(23)16(10)22;1-3(2)7-8(4,5)6;1-3(2)6-8(5)7-4;1-3(2)4;;;;1-4-5(2)3;;;;;/h9-24H,3-8H2,1-2H3;3H,1-2H3,(H2,4,5,6);3H,1-2H3;1-2H3;;;;(H-,1,2,3);1H2;4*1H/q;;;;3*+1;;;;;;/p-1. The molecule has 2 aliphatic rings. The SMILES string of the molecule is CC(C)=O.CC(C)OP(=O)([O-])[O-].CC(C)O[P+](=O)OO.COCC1OC(CO)C(COCC2OC(CO)C(COC)C(O)C2O)C(O)C1O.O=[P+](O)OO.[HH].[HH].[HH].[HH].[Na+].[Na+].[Na+].[OH-]. The molecule has 12 atom stereocenters. The van der Waals surface area contributed by atoms with Gasteiger partial charge in [-0.2, -0.15) is 0 Å². The number of aliphatic hydroxyl groups is 6. The number of rotatable bonds is 16. The van der Waals surface area contributed by atoms with Crippen LogP contribution in [-0.2, 0) is 60.6 Å². The summed E-state index contributed by atoms with van der Waals surface area (Å²) in [6, 6.07) is 0. The van der Waals surface area contributed by atoms with Crippen LogP contribution in [0.3, 0.4) is 0 Å². The van der Waals surface area contributed by atoms with Crippen molar-refractivity contribution in [2.75, 3.05) is 53.9 Å². The van der Waals surface area contributed by atoms with Gasteiger partial charge in [-0.1, -0.05) is 0 Å². The normalized spacial score (nSPS) is 26.6. The summed E-state index contributed by atoms with van der Waals surface area (Å²) in [7, 11) is -6.94. The number of phosphoric ester groups is 1. The number of phosphoric acid groups is 1. The molecule has 2 rings (SSSR count). The minimum atomic E-state index is -4.72. The number of aliphatic hydroxyl groups excluding tert-OH is 6. The van der Waals surface area contributed by atoms with Gasteiger partial charge in [0.05, 0.1) is 87.3 Å². The molecular weight excluding hydrogens is 886 g/mol. The Kier molecular flexibility index (Phi) is 55.5. The monoisotopic (exact) mass is 952 g/mol. The molecule has 0 aromatic carbocycles. The van der Waals surface area contributed by atoms with Gasteiger partial charge >= 0.3 is 105 Å². The van der Waals surface area contributed by atoms with Gasteiger partial charge in [-0.15, -0.1) is 9.42 Å². The number of methoxy groups -OCH3 is 2. The van der Waals surface area contributed by atoms with E-state index in [1.807, 2.05) is 0 Å². The van der Waals surface area contributed by atoms with Gasteiger partial charge in [0, 0.05) is 40.9 Å². The number of hydrogen-bond acceptors (Lipinski definition) is 24. The molecule has 0 spiro atoms. The molecule has 340 valence electrons. The van der Waals surface area contributed by atoms with Crippen molar-refractivity contribution in [2.24, 2.45) is 11.8 Å². The van der Waals surface area contributed by atoms with Crippen LogP contribution >= 0.6 is 24.3 Å². The molecule has 0 amide bonds. The fourth-order valence-corrected chi connectivity index (χ4v) is 5.27. The van der Waals surface area contributed by atoms with Crippen LogP contribution < -0.4 is 98.5 Å². The van der Waals surface area contributed by atoms with Crippen LogP contribution in [0, 0.1) is 11.8 Å². The van der Waals surface area contributed by atoms with E-state index in [2.05, 4.69) is 18.4 Å². The topological polar surface area (TPSA) is 410 Å². The maximum atomic E-state index is 10.4. The number of hydrogen-bond donors (Lipinski definition) is 9. The van der Waals surface area contributed by atoms with Crippen LogP contribution in [0.5, 0.6) is 0 Å². The van der Waals surface area contributed by atoms with E-state index in [-0.39, 0.29) is 151 Å².